The summed E-state index contributed by atoms with van der Waals surface area (Å²) in [5.41, 5.74) is 7.93. The summed E-state index contributed by atoms with van der Waals surface area (Å²) in [6, 6.07) is 20.3. The first-order valence-electron chi connectivity index (χ1n) is 9.19. The Hall–Kier alpha value is -2.09. The van der Waals surface area contributed by atoms with Crippen LogP contribution in [0.25, 0.3) is 11.1 Å². The molecule has 0 aromatic heterocycles. The van der Waals surface area contributed by atoms with Crippen LogP contribution in [0.5, 0.6) is 0 Å². The van der Waals surface area contributed by atoms with Crippen LogP contribution in [0.3, 0.4) is 0 Å². The van der Waals surface area contributed by atoms with Crippen molar-refractivity contribution in [1.29, 1.82) is 0 Å². The summed E-state index contributed by atoms with van der Waals surface area (Å²) in [4.78, 5) is 0. The highest BCUT2D eigenvalue weighted by Gasteiger charge is 2.17. The van der Waals surface area contributed by atoms with E-state index < -0.39 is 6.10 Å². The molecule has 1 atom stereocenters. The van der Waals surface area contributed by atoms with E-state index in [0.29, 0.717) is 0 Å². The van der Waals surface area contributed by atoms with Gasteiger partial charge in [0.15, 0.2) is 0 Å². The fraction of sp³-hybridized carbons (Fsp3) is 0.250. The molecule has 0 aliphatic rings. The third kappa shape index (κ3) is 3.85. The second-order valence-corrected chi connectivity index (χ2v) is 7.19. The molecule has 2 heteroatoms. The van der Waals surface area contributed by atoms with Crippen molar-refractivity contribution < 1.29 is 5.11 Å². The minimum atomic E-state index is -0.609. The lowest BCUT2D eigenvalue weighted by Crippen LogP contribution is -2.04. The number of benzene rings is 3. The Bertz CT molecular complexity index is 854. The van der Waals surface area contributed by atoms with E-state index in [1.807, 2.05) is 42.5 Å². The normalized spacial score (nSPS) is 12.2. The first kappa shape index (κ1) is 18.7. The third-order valence-electron chi connectivity index (χ3n) is 4.85. The first-order valence-corrected chi connectivity index (χ1v) is 9.57. The maximum absolute atomic E-state index is 10.9. The molecular weight excluding hydrogens is 340 g/mol. The average Bonchev–Trinajstić information content (AvgIpc) is 2.66. The molecule has 0 spiro atoms. The Morgan fingerprint density at radius 1 is 0.846 bits per heavy atom. The Morgan fingerprint density at radius 2 is 1.46 bits per heavy atom. The van der Waals surface area contributed by atoms with Crippen molar-refractivity contribution in [2.75, 3.05) is 0 Å². The monoisotopic (exact) mass is 364 g/mol. The molecule has 26 heavy (non-hydrogen) atoms. The molecule has 0 fully saturated rings. The van der Waals surface area contributed by atoms with Gasteiger partial charge in [0.25, 0.3) is 0 Å². The van der Waals surface area contributed by atoms with Gasteiger partial charge in [-0.25, -0.2) is 0 Å². The van der Waals surface area contributed by atoms with E-state index in [4.69, 9.17) is 11.6 Å². The SMILES string of the molecule is CCc1cc(C(O)c2ccccc2)cc(CC)c1-c1cc(C)cc(Cl)c1. The molecule has 0 saturated heterocycles. The highest BCUT2D eigenvalue weighted by molar-refractivity contribution is 6.31. The largest absolute Gasteiger partial charge is 0.384 e. The maximum atomic E-state index is 10.9. The summed E-state index contributed by atoms with van der Waals surface area (Å²) in [7, 11) is 0. The number of aryl methyl sites for hydroxylation is 3. The lowest BCUT2D eigenvalue weighted by molar-refractivity contribution is 0.220. The lowest BCUT2D eigenvalue weighted by Gasteiger charge is -2.20. The summed E-state index contributed by atoms with van der Waals surface area (Å²) in [5.74, 6) is 0. The number of halogens is 1. The molecule has 0 radical (unpaired) electrons. The standard InChI is InChI=1S/C24H25ClO/c1-4-17-13-21(24(26)19-9-7-6-8-10-19)14-18(5-2)23(17)20-11-16(3)12-22(25)15-20/h6-15,24,26H,4-5H2,1-3H3. The molecule has 0 saturated carbocycles. The van der Waals surface area contributed by atoms with Gasteiger partial charge < -0.3 is 5.11 Å². The van der Waals surface area contributed by atoms with E-state index in [1.165, 1.54) is 16.7 Å². The van der Waals surface area contributed by atoms with Gasteiger partial charge in [0.2, 0.25) is 0 Å². The van der Waals surface area contributed by atoms with Gasteiger partial charge in [-0.3, -0.25) is 0 Å². The van der Waals surface area contributed by atoms with Crippen molar-refractivity contribution in [2.45, 2.75) is 39.7 Å². The van der Waals surface area contributed by atoms with Crippen LogP contribution >= 0.6 is 11.6 Å². The lowest BCUT2D eigenvalue weighted by atomic mass is 9.87. The first-order chi connectivity index (χ1) is 12.5. The van der Waals surface area contributed by atoms with Crippen LogP contribution in [0.2, 0.25) is 5.02 Å². The molecule has 1 N–H and O–H groups in total. The highest BCUT2D eigenvalue weighted by atomic mass is 35.5. The third-order valence-corrected chi connectivity index (χ3v) is 5.07. The minimum absolute atomic E-state index is 0.609. The number of hydrogen-bond acceptors (Lipinski definition) is 1. The highest BCUT2D eigenvalue weighted by Crippen LogP contribution is 2.35. The van der Waals surface area contributed by atoms with Gasteiger partial charge in [0.1, 0.15) is 6.10 Å². The van der Waals surface area contributed by atoms with Gasteiger partial charge in [-0.1, -0.05) is 74.0 Å². The van der Waals surface area contributed by atoms with Crippen LogP contribution in [0.4, 0.5) is 0 Å². The summed E-state index contributed by atoms with van der Waals surface area (Å²) < 4.78 is 0. The van der Waals surface area contributed by atoms with E-state index in [9.17, 15) is 5.11 Å². The molecule has 3 aromatic carbocycles. The van der Waals surface area contributed by atoms with Crippen molar-refractivity contribution in [3.63, 3.8) is 0 Å². The van der Waals surface area contributed by atoms with E-state index in [0.717, 1.165) is 40.1 Å². The second-order valence-electron chi connectivity index (χ2n) is 6.75. The zero-order chi connectivity index (χ0) is 18.7. The molecule has 0 amide bonds. The summed E-state index contributed by atoms with van der Waals surface area (Å²) in [5, 5.41) is 11.6. The predicted molar refractivity (Wildman–Crippen MR) is 111 cm³/mol. The van der Waals surface area contributed by atoms with Gasteiger partial charge in [0.05, 0.1) is 0 Å². The van der Waals surface area contributed by atoms with Crippen LogP contribution in [0.1, 0.15) is 47.8 Å². The Morgan fingerprint density at radius 3 is 2.00 bits per heavy atom. The van der Waals surface area contributed by atoms with E-state index in [1.54, 1.807) is 0 Å². The Labute approximate surface area is 161 Å². The molecule has 3 aromatic rings. The molecule has 0 heterocycles. The van der Waals surface area contributed by atoms with Crippen molar-refractivity contribution in [1.82, 2.24) is 0 Å². The van der Waals surface area contributed by atoms with Crippen LogP contribution in [0.15, 0.2) is 60.7 Å². The summed E-state index contributed by atoms with van der Waals surface area (Å²) >= 11 is 6.31. The molecule has 3 rings (SSSR count). The van der Waals surface area contributed by atoms with Gasteiger partial charge in [-0.2, -0.15) is 0 Å². The topological polar surface area (TPSA) is 20.2 Å². The Kier molecular flexibility index (Phi) is 5.80. The van der Waals surface area contributed by atoms with Crippen molar-refractivity contribution in [2.24, 2.45) is 0 Å². The van der Waals surface area contributed by atoms with Gasteiger partial charge in [-0.05, 0) is 70.8 Å². The quantitative estimate of drug-likeness (QED) is 0.546. The van der Waals surface area contributed by atoms with Crippen LogP contribution in [0, 0.1) is 6.92 Å². The van der Waals surface area contributed by atoms with Crippen LogP contribution in [-0.4, -0.2) is 5.11 Å². The zero-order valence-corrected chi connectivity index (χ0v) is 16.3. The van der Waals surface area contributed by atoms with Crippen molar-refractivity contribution in [3.05, 3.63) is 93.5 Å². The Balaban J connectivity index is 2.15. The van der Waals surface area contributed by atoms with Crippen LogP contribution in [-0.2, 0) is 12.8 Å². The van der Waals surface area contributed by atoms with E-state index in [2.05, 4.69) is 39.0 Å². The second kappa shape index (κ2) is 8.07. The van der Waals surface area contributed by atoms with Crippen molar-refractivity contribution in [3.8, 4) is 11.1 Å². The molecule has 0 aliphatic heterocycles. The number of aliphatic hydroxyl groups is 1. The predicted octanol–water partition coefficient (Wildman–Crippen LogP) is 6.52. The van der Waals surface area contributed by atoms with Gasteiger partial charge in [0, 0.05) is 5.02 Å². The minimum Gasteiger partial charge on any atom is -0.384 e. The van der Waals surface area contributed by atoms with Gasteiger partial charge >= 0.3 is 0 Å². The smallest absolute Gasteiger partial charge is 0.104 e. The molecular formula is C24H25ClO. The summed E-state index contributed by atoms with van der Waals surface area (Å²) in [6.45, 7) is 6.39. The zero-order valence-electron chi connectivity index (χ0n) is 15.6. The molecule has 0 aliphatic carbocycles. The number of hydrogen-bond donors (Lipinski definition) is 1. The fourth-order valence-electron chi connectivity index (χ4n) is 3.59. The maximum Gasteiger partial charge on any atom is 0.104 e. The molecule has 0 bridgehead atoms. The van der Waals surface area contributed by atoms with E-state index in [-0.39, 0.29) is 0 Å². The van der Waals surface area contributed by atoms with E-state index >= 15 is 0 Å². The molecule has 1 nitrogen and oxygen atoms in total. The van der Waals surface area contributed by atoms with Gasteiger partial charge in [-0.15, -0.1) is 0 Å². The van der Waals surface area contributed by atoms with Crippen molar-refractivity contribution >= 4 is 11.6 Å². The average molecular weight is 365 g/mol. The molecule has 1 unspecified atom stereocenters. The number of aliphatic hydroxyl groups excluding tert-OH is 1. The fourth-order valence-corrected chi connectivity index (χ4v) is 3.88. The number of rotatable bonds is 5. The summed E-state index contributed by atoms with van der Waals surface area (Å²) in [6.07, 6.45) is 1.20. The van der Waals surface area contributed by atoms with Crippen LogP contribution < -0.4 is 0 Å². The molecule has 134 valence electrons.